The molecular formula is C30H23Cl3FN3O3. The zero-order valence-corrected chi connectivity index (χ0v) is 23.3. The quantitative estimate of drug-likeness (QED) is 0.136. The average molecular weight is 599 g/mol. The van der Waals surface area contributed by atoms with Gasteiger partial charge in [-0.25, -0.2) is 4.39 Å². The molecule has 0 aliphatic heterocycles. The third kappa shape index (κ3) is 6.02. The summed E-state index contributed by atoms with van der Waals surface area (Å²) in [6.07, 6.45) is 5.05. The number of benzene rings is 3. The van der Waals surface area contributed by atoms with Crippen LogP contribution in [0, 0.1) is 5.82 Å². The zero-order chi connectivity index (χ0) is 28.2. The van der Waals surface area contributed by atoms with Crippen molar-refractivity contribution in [3.05, 3.63) is 132 Å². The summed E-state index contributed by atoms with van der Waals surface area (Å²) >= 11 is 18.4. The van der Waals surface area contributed by atoms with Gasteiger partial charge >= 0.3 is 0 Å². The van der Waals surface area contributed by atoms with E-state index < -0.39 is 11.4 Å². The van der Waals surface area contributed by atoms with Crippen molar-refractivity contribution in [3.8, 4) is 5.75 Å². The maximum Gasteiger partial charge on any atom is 0.257 e. The van der Waals surface area contributed by atoms with Gasteiger partial charge in [0.15, 0.2) is 0 Å². The third-order valence-electron chi connectivity index (χ3n) is 6.59. The number of H-pyrrole nitrogens is 1. The van der Waals surface area contributed by atoms with E-state index in [1.54, 1.807) is 18.2 Å². The van der Waals surface area contributed by atoms with Gasteiger partial charge in [0.05, 0.1) is 17.3 Å². The fourth-order valence-corrected chi connectivity index (χ4v) is 5.15. The summed E-state index contributed by atoms with van der Waals surface area (Å²) in [5.41, 5.74) is 2.58. The van der Waals surface area contributed by atoms with Gasteiger partial charge in [-0.3, -0.25) is 4.79 Å². The number of fused-ring (bicyclic) bond motifs is 1. The predicted molar refractivity (Wildman–Crippen MR) is 157 cm³/mol. The second-order valence-electron chi connectivity index (χ2n) is 9.14. The molecule has 0 aliphatic rings. The number of nitrogens with zero attached hydrogens (tertiary/aromatic N) is 2. The Labute approximate surface area is 244 Å². The lowest BCUT2D eigenvalue weighted by atomic mass is 10.0. The molecule has 40 heavy (non-hydrogen) atoms. The summed E-state index contributed by atoms with van der Waals surface area (Å²) in [6, 6.07) is 17.2. The number of halogens is 4. The molecule has 5 rings (SSSR count). The van der Waals surface area contributed by atoms with Crippen LogP contribution in [0.5, 0.6) is 5.75 Å². The maximum absolute atomic E-state index is 14.6. The molecule has 6 nitrogen and oxygen atoms in total. The molecule has 0 atom stereocenters. The van der Waals surface area contributed by atoms with Crippen LogP contribution >= 0.6 is 34.8 Å². The van der Waals surface area contributed by atoms with Crippen molar-refractivity contribution in [2.75, 3.05) is 0 Å². The van der Waals surface area contributed by atoms with Crippen LogP contribution in [0.2, 0.25) is 15.1 Å². The number of aromatic amines is 1. The van der Waals surface area contributed by atoms with Gasteiger partial charge in [-0.1, -0.05) is 70.3 Å². The van der Waals surface area contributed by atoms with Crippen LogP contribution in [0.4, 0.5) is 4.39 Å². The van der Waals surface area contributed by atoms with E-state index >= 15 is 0 Å². The van der Waals surface area contributed by atoms with Gasteiger partial charge in [-0.15, -0.1) is 0 Å². The number of para-hydroxylation sites is 1. The first kappa shape index (κ1) is 27.8. The monoisotopic (exact) mass is 597 g/mol. The predicted octanol–water partition coefficient (Wildman–Crippen LogP) is 7.52. The van der Waals surface area contributed by atoms with E-state index in [2.05, 4.69) is 10.1 Å². The maximum atomic E-state index is 14.6. The van der Waals surface area contributed by atoms with Crippen LogP contribution in [-0.4, -0.2) is 20.9 Å². The number of aromatic nitrogens is 2. The van der Waals surface area contributed by atoms with E-state index in [1.807, 2.05) is 30.5 Å². The summed E-state index contributed by atoms with van der Waals surface area (Å²) in [6.45, 7) is 0.367. The van der Waals surface area contributed by atoms with E-state index in [0.29, 0.717) is 28.6 Å². The van der Waals surface area contributed by atoms with Crippen LogP contribution < -0.4 is 5.56 Å². The minimum absolute atomic E-state index is 0.00405. The second-order valence-corrected chi connectivity index (χ2v) is 10.4. The van der Waals surface area contributed by atoms with E-state index in [1.165, 1.54) is 35.2 Å². The minimum Gasteiger partial charge on any atom is -0.507 e. The Hall–Kier alpha value is -3.78. The third-order valence-corrected chi connectivity index (χ3v) is 7.53. The van der Waals surface area contributed by atoms with Gasteiger partial charge in [0.1, 0.15) is 18.2 Å². The number of rotatable bonds is 9. The van der Waals surface area contributed by atoms with Crippen molar-refractivity contribution in [3.63, 3.8) is 0 Å². The number of pyridine rings is 1. The van der Waals surface area contributed by atoms with Gasteiger partial charge in [0, 0.05) is 62.5 Å². The molecule has 5 aromatic rings. The largest absolute Gasteiger partial charge is 0.507 e. The first-order valence-corrected chi connectivity index (χ1v) is 13.5. The lowest BCUT2D eigenvalue weighted by Crippen LogP contribution is -2.26. The fourth-order valence-electron chi connectivity index (χ4n) is 4.45. The van der Waals surface area contributed by atoms with Crippen molar-refractivity contribution < 1.29 is 14.3 Å². The Bertz CT molecular complexity index is 1760. The smallest absolute Gasteiger partial charge is 0.257 e. The highest BCUT2D eigenvalue weighted by atomic mass is 35.5. The Morgan fingerprint density at radius 3 is 2.62 bits per heavy atom. The van der Waals surface area contributed by atoms with E-state index in [-0.39, 0.29) is 40.5 Å². The molecule has 0 bridgehead atoms. The molecule has 0 aliphatic carbocycles. The van der Waals surface area contributed by atoms with E-state index in [9.17, 15) is 14.3 Å². The molecule has 0 fully saturated rings. The molecule has 0 radical (unpaired) electrons. The normalized spacial score (nSPS) is 11.5. The van der Waals surface area contributed by atoms with Gasteiger partial charge in [0.2, 0.25) is 0 Å². The van der Waals surface area contributed by atoms with Gasteiger partial charge in [-0.2, -0.15) is 0 Å². The number of oxime groups is 1. The molecule has 0 saturated carbocycles. The van der Waals surface area contributed by atoms with Crippen molar-refractivity contribution in [2.45, 2.75) is 26.0 Å². The zero-order valence-electron chi connectivity index (χ0n) is 21.0. The van der Waals surface area contributed by atoms with Crippen molar-refractivity contribution in [1.29, 1.82) is 0 Å². The molecule has 204 valence electrons. The highest BCUT2D eigenvalue weighted by Crippen LogP contribution is 2.27. The molecular weight excluding hydrogens is 576 g/mol. The lowest BCUT2D eigenvalue weighted by Gasteiger charge is -2.14. The topological polar surface area (TPSA) is 79.6 Å². The summed E-state index contributed by atoms with van der Waals surface area (Å²) < 4.78 is 16.1. The Morgan fingerprint density at radius 1 is 1.00 bits per heavy atom. The molecule has 3 aromatic carbocycles. The number of aromatic hydroxyl groups is 1. The standard InChI is InChI=1S/C30H23Cl3FN3O3/c31-21-9-8-19(26(33)12-21)17-40-36-15-20-16-37(11-10-18-14-35-28-7-2-1-4-22(18)28)30(39)24(29(20)38)13-23-25(32)5-3-6-27(23)34/h1-9,12,14-16,35,38H,10-11,13,17H2/b36-15-. The molecule has 0 saturated heterocycles. The van der Waals surface area contributed by atoms with E-state index in [0.717, 1.165) is 16.5 Å². The van der Waals surface area contributed by atoms with Crippen LogP contribution in [0.15, 0.2) is 83.0 Å². The molecule has 2 N–H and O–H groups in total. The van der Waals surface area contributed by atoms with Crippen molar-refractivity contribution >= 4 is 51.9 Å². The molecule has 0 spiro atoms. The lowest BCUT2D eigenvalue weighted by molar-refractivity contribution is 0.132. The second kappa shape index (κ2) is 12.2. The Balaban J connectivity index is 1.46. The summed E-state index contributed by atoms with van der Waals surface area (Å²) in [7, 11) is 0. The summed E-state index contributed by atoms with van der Waals surface area (Å²) in [5, 5.41) is 17.2. The van der Waals surface area contributed by atoms with E-state index in [4.69, 9.17) is 39.6 Å². The number of nitrogens with one attached hydrogen (secondary N) is 1. The summed E-state index contributed by atoms with van der Waals surface area (Å²) in [5.74, 6) is -0.900. The highest BCUT2D eigenvalue weighted by Gasteiger charge is 2.19. The number of aryl methyl sites for hydroxylation is 2. The number of hydrogen-bond acceptors (Lipinski definition) is 4. The van der Waals surface area contributed by atoms with Crippen molar-refractivity contribution in [1.82, 2.24) is 9.55 Å². The number of hydrogen-bond donors (Lipinski definition) is 2. The van der Waals surface area contributed by atoms with Gasteiger partial charge in [0.25, 0.3) is 5.56 Å². The SMILES string of the molecule is O=c1c(Cc2c(F)cccc2Cl)c(O)c(/C=N\OCc2ccc(Cl)cc2Cl)cn1CCc1c[nH]c2ccccc12. The van der Waals surface area contributed by atoms with Crippen molar-refractivity contribution in [2.24, 2.45) is 5.16 Å². The molecule has 10 heteroatoms. The van der Waals surface area contributed by atoms with Crippen LogP contribution in [-0.2, 0) is 30.8 Å². The summed E-state index contributed by atoms with van der Waals surface area (Å²) in [4.78, 5) is 22.1. The van der Waals surface area contributed by atoms with Crippen LogP contribution in [0.1, 0.15) is 27.8 Å². The van der Waals surface area contributed by atoms with Crippen LogP contribution in [0.3, 0.4) is 0 Å². The molecule has 0 amide bonds. The van der Waals surface area contributed by atoms with Crippen LogP contribution in [0.25, 0.3) is 10.9 Å². The first-order chi connectivity index (χ1) is 19.3. The molecule has 0 unspecified atom stereocenters. The molecule has 2 aromatic heterocycles. The highest BCUT2D eigenvalue weighted by molar-refractivity contribution is 6.35. The Morgan fingerprint density at radius 2 is 1.82 bits per heavy atom. The fraction of sp³-hybridized carbons (Fsp3) is 0.133. The Kier molecular flexibility index (Phi) is 8.45. The first-order valence-electron chi connectivity index (χ1n) is 12.3. The average Bonchev–Trinajstić information content (AvgIpc) is 3.35. The molecule has 2 heterocycles. The minimum atomic E-state index is -0.570. The van der Waals surface area contributed by atoms with Gasteiger partial charge < -0.3 is 19.5 Å². The van der Waals surface area contributed by atoms with Gasteiger partial charge in [-0.05, 0) is 42.3 Å².